The summed E-state index contributed by atoms with van der Waals surface area (Å²) in [6, 6.07) is 0.305. The number of piperidine rings is 1. The number of ether oxygens (including phenoxy) is 1. The molecular formula is C20H37N7O2. The van der Waals surface area contributed by atoms with Crippen molar-refractivity contribution >= 4 is 12.1 Å². The molecule has 2 heterocycles. The highest BCUT2D eigenvalue weighted by Crippen LogP contribution is 2.11. The van der Waals surface area contributed by atoms with Gasteiger partial charge in [0.2, 0.25) is 0 Å². The number of carbonyl (C=O) groups is 1. The number of nitrogens with zero attached hydrogens (tertiary/aromatic N) is 5. The molecule has 0 aliphatic carbocycles. The van der Waals surface area contributed by atoms with Gasteiger partial charge in [-0.2, -0.15) is 0 Å². The molecule has 0 saturated carbocycles. The van der Waals surface area contributed by atoms with Crippen molar-refractivity contribution in [2.75, 3.05) is 32.8 Å². The summed E-state index contributed by atoms with van der Waals surface area (Å²) in [4.78, 5) is 18.4. The van der Waals surface area contributed by atoms with E-state index < -0.39 is 0 Å². The van der Waals surface area contributed by atoms with E-state index in [0.717, 1.165) is 57.1 Å². The summed E-state index contributed by atoms with van der Waals surface area (Å²) in [6.45, 7) is 10.3. The van der Waals surface area contributed by atoms with Crippen LogP contribution >= 0.6 is 0 Å². The normalized spacial score (nSPS) is 15.4. The maximum atomic E-state index is 11.9. The topological polar surface area (TPSA) is 96.7 Å². The Morgan fingerprint density at radius 1 is 1.28 bits per heavy atom. The van der Waals surface area contributed by atoms with E-state index in [1.165, 1.54) is 12.8 Å². The third-order valence-electron chi connectivity index (χ3n) is 5.05. The van der Waals surface area contributed by atoms with Gasteiger partial charge in [-0.1, -0.05) is 26.7 Å². The fourth-order valence-corrected chi connectivity index (χ4v) is 3.35. The molecule has 1 aromatic heterocycles. The van der Waals surface area contributed by atoms with Crippen molar-refractivity contribution in [2.45, 2.75) is 71.9 Å². The number of carbonyl (C=O) groups excluding carboxylic acids is 1. The molecule has 0 unspecified atom stereocenters. The van der Waals surface area contributed by atoms with Gasteiger partial charge in [-0.3, -0.25) is 4.99 Å². The third-order valence-corrected chi connectivity index (χ3v) is 5.05. The summed E-state index contributed by atoms with van der Waals surface area (Å²) in [5.41, 5.74) is 0. The van der Waals surface area contributed by atoms with Crippen molar-refractivity contribution in [1.82, 2.24) is 30.3 Å². The molecule has 1 aliphatic heterocycles. The standard InChI is InChI=1S/C20H37N7O2/c1-4-7-8-11-21-19(22-12-15-27-16-23-25-18(27)5-2)24-17-9-13-26(14-10-17)20(28)29-6-3/h16-17H,4-15H2,1-3H3,(H2,21,22,24). The van der Waals surface area contributed by atoms with Crippen LogP contribution in [0.15, 0.2) is 11.3 Å². The predicted molar refractivity (Wildman–Crippen MR) is 114 cm³/mol. The molecule has 9 heteroatoms. The fourth-order valence-electron chi connectivity index (χ4n) is 3.35. The number of amides is 1. The monoisotopic (exact) mass is 407 g/mol. The van der Waals surface area contributed by atoms with Crippen LogP contribution in [0.3, 0.4) is 0 Å². The Balaban J connectivity index is 1.83. The van der Waals surface area contributed by atoms with Gasteiger partial charge in [0.15, 0.2) is 5.96 Å². The highest BCUT2D eigenvalue weighted by atomic mass is 16.6. The lowest BCUT2D eigenvalue weighted by molar-refractivity contribution is 0.0963. The largest absolute Gasteiger partial charge is 0.450 e. The summed E-state index contributed by atoms with van der Waals surface area (Å²) in [6.07, 6.45) is 7.68. The molecule has 1 amide bonds. The van der Waals surface area contributed by atoms with Gasteiger partial charge in [-0.25, -0.2) is 4.79 Å². The Labute approximate surface area is 174 Å². The molecule has 1 aromatic rings. The first-order valence-corrected chi connectivity index (χ1v) is 11.0. The summed E-state index contributed by atoms with van der Waals surface area (Å²) >= 11 is 0. The number of aryl methyl sites for hydroxylation is 1. The number of aromatic nitrogens is 3. The number of guanidine groups is 1. The first-order chi connectivity index (χ1) is 14.2. The number of rotatable bonds is 10. The maximum Gasteiger partial charge on any atom is 0.409 e. The van der Waals surface area contributed by atoms with Crippen molar-refractivity contribution in [3.8, 4) is 0 Å². The van der Waals surface area contributed by atoms with E-state index in [1.54, 1.807) is 11.2 Å². The van der Waals surface area contributed by atoms with Crippen molar-refractivity contribution in [3.05, 3.63) is 12.2 Å². The fraction of sp³-hybridized carbons (Fsp3) is 0.800. The lowest BCUT2D eigenvalue weighted by atomic mass is 10.1. The number of unbranched alkanes of at least 4 members (excludes halogenated alkanes) is 2. The van der Waals surface area contributed by atoms with Crippen LogP contribution in [0.4, 0.5) is 4.79 Å². The quantitative estimate of drug-likeness (QED) is 0.351. The number of likely N-dealkylation sites (tertiary alicyclic amines) is 1. The van der Waals surface area contributed by atoms with Gasteiger partial charge >= 0.3 is 6.09 Å². The molecule has 29 heavy (non-hydrogen) atoms. The third kappa shape index (κ3) is 7.91. The van der Waals surface area contributed by atoms with Crippen LogP contribution in [-0.2, 0) is 17.7 Å². The second-order valence-corrected chi connectivity index (χ2v) is 7.26. The van der Waals surface area contributed by atoms with Gasteiger partial charge in [0, 0.05) is 45.2 Å². The molecule has 164 valence electrons. The zero-order chi connectivity index (χ0) is 20.9. The van der Waals surface area contributed by atoms with Crippen LogP contribution in [0.1, 0.15) is 58.7 Å². The first kappa shape index (κ1) is 23.0. The summed E-state index contributed by atoms with van der Waals surface area (Å²) in [7, 11) is 0. The molecule has 0 atom stereocenters. The van der Waals surface area contributed by atoms with E-state index in [2.05, 4.69) is 39.2 Å². The molecule has 0 bridgehead atoms. The van der Waals surface area contributed by atoms with Crippen LogP contribution in [0.2, 0.25) is 0 Å². The number of aliphatic imine (C=N–C) groups is 1. The number of nitrogens with one attached hydrogen (secondary N) is 2. The van der Waals surface area contributed by atoms with Crippen molar-refractivity contribution < 1.29 is 9.53 Å². The first-order valence-electron chi connectivity index (χ1n) is 11.0. The van der Waals surface area contributed by atoms with Gasteiger partial charge < -0.3 is 24.8 Å². The second-order valence-electron chi connectivity index (χ2n) is 7.26. The molecule has 1 saturated heterocycles. The van der Waals surface area contributed by atoms with E-state index in [4.69, 9.17) is 9.73 Å². The Hall–Kier alpha value is -2.32. The van der Waals surface area contributed by atoms with Crippen molar-refractivity contribution in [2.24, 2.45) is 4.99 Å². The lowest BCUT2D eigenvalue weighted by Gasteiger charge is -2.32. The summed E-state index contributed by atoms with van der Waals surface area (Å²) in [5.74, 6) is 1.84. The minimum Gasteiger partial charge on any atom is -0.450 e. The van der Waals surface area contributed by atoms with Gasteiger partial charge in [0.25, 0.3) is 0 Å². The van der Waals surface area contributed by atoms with E-state index in [9.17, 15) is 4.79 Å². The minimum atomic E-state index is -0.210. The molecular weight excluding hydrogens is 370 g/mol. The number of hydrogen-bond donors (Lipinski definition) is 2. The van der Waals surface area contributed by atoms with Crippen LogP contribution < -0.4 is 10.6 Å². The SMILES string of the molecule is CCCCCN=C(NCCn1cnnc1CC)NC1CCN(C(=O)OCC)CC1. The summed E-state index contributed by atoms with van der Waals surface area (Å²) in [5, 5.41) is 15.1. The molecule has 1 aliphatic rings. The second kappa shape index (κ2) is 13.0. The van der Waals surface area contributed by atoms with Gasteiger partial charge in [-0.15, -0.1) is 10.2 Å². The molecule has 9 nitrogen and oxygen atoms in total. The van der Waals surface area contributed by atoms with E-state index in [0.29, 0.717) is 25.7 Å². The maximum absolute atomic E-state index is 11.9. The van der Waals surface area contributed by atoms with Crippen LogP contribution in [-0.4, -0.2) is 70.5 Å². The van der Waals surface area contributed by atoms with Gasteiger partial charge in [0.05, 0.1) is 6.61 Å². The Morgan fingerprint density at radius 2 is 2.07 bits per heavy atom. The average molecular weight is 408 g/mol. The van der Waals surface area contributed by atoms with E-state index in [1.807, 2.05) is 6.92 Å². The van der Waals surface area contributed by atoms with E-state index >= 15 is 0 Å². The molecule has 2 rings (SSSR count). The van der Waals surface area contributed by atoms with Crippen molar-refractivity contribution in [3.63, 3.8) is 0 Å². The minimum absolute atomic E-state index is 0.210. The van der Waals surface area contributed by atoms with Crippen LogP contribution in [0, 0.1) is 0 Å². The molecule has 1 fully saturated rings. The van der Waals surface area contributed by atoms with Crippen LogP contribution in [0.5, 0.6) is 0 Å². The highest BCUT2D eigenvalue weighted by molar-refractivity contribution is 5.80. The Kier molecular flexibility index (Phi) is 10.3. The Bertz CT molecular complexity index is 624. The molecule has 0 spiro atoms. The van der Waals surface area contributed by atoms with Crippen molar-refractivity contribution in [1.29, 1.82) is 0 Å². The predicted octanol–water partition coefficient (Wildman–Crippen LogP) is 2.19. The smallest absolute Gasteiger partial charge is 0.409 e. The average Bonchev–Trinajstić information content (AvgIpc) is 3.19. The lowest BCUT2D eigenvalue weighted by Crippen LogP contribution is -2.50. The molecule has 2 N–H and O–H groups in total. The van der Waals surface area contributed by atoms with Crippen LogP contribution in [0.25, 0.3) is 0 Å². The molecule has 0 aromatic carbocycles. The molecule has 0 radical (unpaired) electrons. The van der Waals surface area contributed by atoms with E-state index in [-0.39, 0.29) is 6.09 Å². The summed E-state index contributed by atoms with van der Waals surface area (Å²) < 4.78 is 7.17. The van der Waals surface area contributed by atoms with Gasteiger partial charge in [0.1, 0.15) is 12.2 Å². The zero-order valence-corrected chi connectivity index (χ0v) is 18.2. The Morgan fingerprint density at radius 3 is 2.76 bits per heavy atom. The highest BCUT2D eigenvalue weighted by Gasteiger charge is 2.24. The zero-order valence-electron chi connectivity index (χ0n) is 18.2. The number of hydrogen-bond acceptors (Lipinski definition) is 5. The van der Waals surface area contributed by atoms with Gasteiger partial charge in [-0.05, 0) is 26.2 Å².